The SMILES string of the molecule is C=C(CC)[C@H]1C[C@@H](COC(c2ccccc2)(c2ccccc2)c2ccccc2)OC1=O. The van der Waals surface area contributed by atoms with Crippen molar-refractivity contribution in [3.63, 3.8) is 0 Å². The van der Waals surface area contributed by atoms with Gasteiger partial charge in [0, 0.05) is 6.42 Å². The second-order valence-electron chi connectivity index (χ2n) is 7.95. The first-order chi connectivity index (χ1) is 15.1. The molecule has 31 heavy (non-hydrogen) atoms. The number of cyclic esters (lactones) is 1. The van der Waals surface area contributed by atoms with E-state index in [4.69, 9.17) is 9.47 Å². The van der Waals surface area contributed by atoms with Gasteiger partial charge in [-0.25, -0.2) is 0 Å². The van der Waals surface area contributed by atoms with Crippen molar-refractivity contribution in [1.29, 1.82) is 0 Å². The molecule has 1 fully saturated rings. The molecule has 4 rings (SSSR count). The summed E-state index contributed by atoms with van der Waals surface area (Å²) in [4.78, 5) is 12.4. The fraction of sp³-hybridized carbons (Fsp3) is 0.250. The third-order valence-electron chi connectivity index (χ3n) is 6.04. The summed E-state index contributed by atoms with van der Waals surface area (Å²) >= 11 is 0. The first kappa shape index (κ1) is 21.1. The van der Waals surface area contributed by atoms with Crippen molar-refractivity contribution < 1.29 is 14.3 Å². The fourth-order valence-corrected chi connectivity index (χ4v) is 4.32. The van der Waals surface area contributed by atoms with Crippen molar-refractivity contribution in [2.45, 2.75) is 31.5 Å². The van der Waals surface area contributed by atoms with Crippen LogP contribution in [0.2, 0.25) is 0 Å². The Balaban J connectivity index is 1.73. The van der Waals surface area contributed by atoms with E-state index in [0.29, 0.717) is 13.0 Å². The Hall–Kier alpha value is -3.17. The van der Waals surface area contributed by atoms with E-state index in [-0.39, 0.29) is 18.0 Å². The van der Waals surface area contributed by atoms with Crippen LogP contribution in [-0.4, -0.2) is 18.7 Å². The molecule has 0 bridgehead atoms. The van der Waals surface area contributed by atoms with Gasteiger partial charge in [0.2, 0.25) is 0 Å². The molecule has 0 radical (unpaired) electrons. The molecule has 3 aromatic carbocycles. The predicted octanol–water partition coefficient (Wildman–Crippen LogP) is 5.89. The highest BCUT2D eigenvalue weighted by atomic mass is 16.6. The Morgan fingerprint density at radius 2 is 1.35 bits per heavy atom. The van der Waals surface area contributed by atoms with Gasteiger partial charge in [0.05, 0.1) is 12.5 Å². The molecule has 0 aliphatic carbocycles. The summed E-state index contributed by atoms with van der Waals surface area (Å²) in [6.07, 6.45) is 1.09. The van der Waals surface area contributed by atoms with Gasteiger partial charge in [0.25, 0.3) is 0 Å². The van der Waals surface area contributed by atoms with E-state index in [2.05, 4.69) is 43.0 Å². The van der Waals surface area contributed by atoms with Crippen LogP contribution >= 0.6 is 0 Å². The van der Waals surface area contributed by atoms with E-state index in [1.54, 1.807) is 0 Å². The summed E-state index contributed by atoms with van der Waals surface area (Å²) in [7, 11) is 0. The maximum absolute atomic E-state index is 12.4. The lowest BCUT2D eigenvalue weighted by Gasteiger charge is -2.36. The molecule has 3 heteroatoms. The average Bonchev–Trinajstić information content (AvgIpc) is 3.21. The Kier molecular flexibility index (Phi) is 6.34. The molecule has 1 heterocycles. The molecule has 1 saturated heterocycles. The van der Waals surface area contributed by atoms with Crippen LogP contribution in [0.15, 0.2) is 103 Å². The predicted molar refractivity (Wildman–Crippen MR) is 123 cm³/mol. The average molecular weight is 413 g/mol. The van der Waals surface area contributed by atoms with Crippen molar-refractivity contribution in [2.24, 2.45) is 5.92 Å². The number of rotatable bonds is 8. The molecule has 0 saturated carbocycles. The monoisotopic (exact) mass is 412 g/mol. The van der Waals surface area contributed by atoms with Crippen LogP contribution < -0.4 is 0 Å². The molecule has 158 valence electrons. The van der Waals surface area contributed by atoms with Crippen LogP contribution in [0, 0.1) is 5.92 Å². The zero-order valence-electron chi connectivity index (χ0n) is 17.9. The van der Waals surface area contributed by atoms with Gasteiger partial charge in [-0.1, -0.05) is 110 Å². The Bertz CT molecular complexity index is 915. The van der Waals surface area contributed by atoms with Gasteiger partial charge in [0.1, 0.15) is 11.7 Å². The van der Waals surface area contributed by atoms with Crippen LogP contribution in [0.5, 0.6) is 0 Å². The van der Waals surface area contributed by atoms with Crippen molar-refractivity contribution in [1.82, 2.24) is 0 Å². The van der Waals surface area contributed by atoms with E-state index >= 15 is 0 Å². The van der Waals surface area contributed by atoms with Crippen LogP contribution in [-0.2, 0) is 19.9 Å². The quantitative estimate of drug-likeness (QED) is 0.263. The highest BCUT2D eigenvalue weighted by Gasteiger charge is 2.41. The Morgan fingerprint density at radius 1 is 0.903 bits per heavy atom. The molecule has 1 aliphatic rings. The van der Waals surface area contributed by atoms with Crippen LogP contribution in [0.3, 0.4) is 0 Å². The first-order valence-electron chi connectivity index (χ1n) is 10.8. The third kappa shape index (κ3) is 4.19. The minimum atomic E-state index is -0.809. The van der Waals surface area contributed by atoms with Gasteiger partial charge in [-0.15, -0.1) is 0 Å². The van der Waals surface area contributed by atoms with E-state index in [1.807, 2.05) is 61.5 Å². The van der Waals surface area contributed by atoms with Gasteiger partial charge in [-0.2, -0.15) is 0 Å². The molecule has 0 aromatic heterocycles. The molecule has 0 unspecified atom stereocenters. The second kappa shape index (κ2) is 9.32. The topological polar surface area (TPSA) is 35.5 Å². The molecule has 3 aromatic rings. The van der Waals surface area contributed by atoms with E-state index in [9.17, 15) is 4.79 Å². The number of carbonyl (C=O) groups is 1. The summed E-state index contributed by atoms with van der Waals surface area (Å²) in [6.45, 7) is 6.37. The van der Waals surface area contributed by atoms with Crippen molar-refractivity contribution in [2.75, 3.05) is 6.61 Å². The van der Waals surface area contributed by atoms with Gasteiger partial charge in [-0.05, 0) is 23.1 Å². The normalized spacial score (nSPS) is 18.5. The van der Waals surface area contributed by atoms with Gasteiger partial charge in [-0.3, -0.25) is 4.79 Å². The largest absolute Gasteiger partial charge is 0.459 e. The smallest absolute Gasteiger partial charge is 0.313 e. The maximum atomic E-state index is 12.4. The van der Waals surface area contributed by atoms with Crippen molar-refractivity contribution >= 4 is 5.97 Å². The summed E-state index contributed by atoms with van der Waals surface area (Å²) in [5.41, 5.74) is 3.22. The fourth-order valence-electron chi connectivity index (χ4n) is 4.32. The van der Waals surface area contributed by atoms with Crippen LogP contribution in [0.1, 0.15) is 36.5 Å². The lowest BCUT2D eigenvalue weighted by molar-refractivity contribution is -0.147. The van der Waals surface area contributed by atoms with Gasteiger partial charge < -0.3 is 9.47 Å². The van der Waals surface area contributed by atoms with Crippen molar-refractivity contribution in [3.8, 4) is 0 Å². The maximum Gasteiger partial charge on any atom is 0.313 e. The molecule has 3 nitrogen and oxygen atoms in total. The number of carbonyl (C=O) groups excluding carboxylic acids is 1. The lowest BCUT2D eigenvalue weighted by atomic mass is 9.80. The minimum Gasteiger partial charge on any atom is -0.459 e. The summed E-state index contributed by atoms with van der Waals surface area (Å²) in [6, 6.07) is 30.7. The van der Waals surface area contributed by atoms with E-state index < -0.39 is 5.60 Å². The molecule has 0 spiro atoms. The van der Waals surface area contributed by atoms with E-state index in [1.165, 1.54) is 0 Å². The number of hydrogen-bond donors (Lipinski definition) is 0. The van der Waals surface area contributed by atoms with Crippen LogP contribution in [0.4, 0.5) is 0 Å². The number of hydrogen-bond acceptors (Lipinski definition) is 3. The number of benzene rings is 3. The summed E-state index contributed by atoms with van der Waals surface area (Å²) in [5.74, 6) is -0.427. The molecular formula is C28H28O3. The lowest BCUT2D eigenvalue weighted by Crippen LogP contribution is -2.35. The standard InChI is InChI=1S/C28H28O3/c1-3-21(2)26-19-25(31-27(26)29)20-30-28(22-13-7-4-8-14-22,23-15-9-5-10-16-23)24-17-11-6-12-18-24/h4-18,25-26H,2-3,19-20H2,1H3/t25-,26+/m0/s1. The highest BCUT2D eigenvalue weighted by Crippen LogP contribution is 2.41. The van der Waals surface area contributed by atoms with E-state index in [0.717, 1.165) is 28.7 Å². The third-order valence-corrected chi connectivity index (χ3v) is 6.04. The first-order valence-corrected chi connectivity index (χ1v) is 10.8. The van der Waals surface area contributed by atoms with Gasteiger partial charge in [0.15, 0.2) is 0 Å². The van der Waals surface area contributed by atoms with Crippen LogP contribution in [0.25, 0.3) is 0 Å². The molecule has 0 amide bonds. The molecule has 0 N–H and O–H groups in total. The van der Waals surface area contributed by atoms with Crippen molar-refractivity contribution in [3.05, 3.63) is 120 Å². The molecule has 1 aliphatic heterocycles. The summed E-state index contributed by atoms with van der Waals surface area (Å²) in [5, 5.41) is 0. The zero-order valence-corrected chi connectivity index (χ0v) is 17.9. The Labute approximate surface area is 184 Å². The highest BCUT2D eigenvalue weighted by molar-refractivity contribution is 5.77. The number of ether oxygens (including phenoxy) is 2. The molecular weight excluding hydrogens is 384 g/mol. The minimum absolute atomic E-state index is 0.190. The summed E-state index contributed by atoms with van der Waals surface area (Å²) < 4.78 is 12.5. The molecule has 2 atom stereocenters. The zero-order chi connectivity index (χ0) is 21.7. The second-order valence-corrected chi connectivity index (χ2v) is 7.95. The van der Waals surface area contributed by atoms with Gasteiger partial charge >= 0.3 is 5.97 Å². The number of esters is 1. The Morgan fingerprint density at radius 3 is 1.77 bits per heavy atom.